The van der Waals surface area contributed by atoms with Crippen molar-refractivity contribution in [2.75, 3.05) is 19.8 Å². The van der Waals surface area contributed by atoms with Gasteiger partial charge in [0.25, 0.3) is 0 Å². The zero-order valence-electron chi connectivity index (χ0n) is 57.8. The Hall–Kier alpha value is -11.7. The Morgan fingerprint density at radius 2 is 1.03 bits per heavy atom. The number of aliphatic hydroxyl groups is 3. The lowest BCUT2D eigenvalue weighted by molar-refractivity contribution is -0.142. The van der Waals surface area contributed by atoms with Gasteiger partial charge in [0.1, 0.15) is 53.9 Å². The van der Waals surface area contributed by atoms with Crippen LogP contribution in [-0.2, 0) is 94.4 Å². The zero-order valence-corrected chi connectivity index (χ0v) is 57.8. The third kappa shape index (κ3) is 24.2. The molecule has 32 heteroatoms. The lowest BCUT2D eigenvalue weighted by Crippen LogP contribution is -2.66. The van der Waals surface area contributed by atoms with E-state index in [1.165, 1.54) is 26.4 Å². The van der Waals surface area contributed by atoms with E-state index in [1.807, 2.05) is 86.6 Å². The third-order valence-electron chi connectivity index (χ3n) is 16.8. The first-order chi connectivity index (χ1) is 49.4. The maximum Gasteiger partial charge on any atom is 0.305 e. The van der Waals surface area contributed by atoms with E-state index in [4.69, 9.17) is 11.5 Å². The Kier molecular flexibility index (Phi) is 30.4. The first-order valence-corrected chi connectivity index (χ1v) is 33.2. The van der Waals surface area contributed by atoms with E-state index in [1.54, 1.807) is 54.6 Å². The smallest absolute Gasteiger partial charge is 0.305 e. The first-order valence-electron chi connectivity index (χ1n) is 33.2. The summed E-state index contributed by atoms with van der Waals surface area (Å²) < 4.78 is 0. The number of carbonyl (C=O) groups excluding carboxylic acids is 11. The standard InChI is InChI=1S/C72H88N14O18/c1-6-45-17-11-13-19-50(45)47-26-22-43(23-27-47)29-53(66(99)80-52(62(74)95)28-42-20-24-46(25-21-42)49-18-12-10-14-39(49)2)82-67(100)55(32-60(93)94)83-68(101)56(36-87)84-70(103)61(41(4)89)85-71(104)72(5,33-44-15-8-7-9-16-44)86-69(102)57(37-88)79-58(90)35-76-65(98)54(31-59(91)92)81-63(96)40(3)78-64(97)51(73)30-48-34-75-38-77-48/h7-27,34,38,40-41,51-57,61,87-89H,6,28-33,35-37,73H2,1-5H3,(H2,74,95)(H,75,77)(H,76,98)(H,78,97)(H,79,90)(H,80,99)(H,81,96)(H,82,100)(H,83,101)(H,84,103)(H,85,104)(H,86,102)(H,91,92)(H,93,94)/t40-,41+,51-,52-,53-,54-,55-,56-,57-,61-,72-/m0/s1. The van der Waals surface area contributed by atoms with Crippen LogP contribution in [0.2, 0.25) is 0 Å². The van der Waals surface area contributed by atoms with Crippen LogP contribution in [0.1, 0.15) is 74.0 Å². The van der Waals surface area contributed by atoms with Gasteiger partial charge in [-0.25, -0.2) is 4.98 Å². The molecule has 1 heterocycles. The number of rotatable bonds is 39. The molecular formula is C72H88N14O18. The number of aliphatic carboxylic acids is 2. The number of benzene rings is 5. The van der Waals surface area contributed by atoms with Gasteiger partial charge in [-0.05, 0) is 84.2 Å². The van der Waals surface area contributed by atoms with Crippen molar-refractivity contribution < 1.29 is 87.9 Å². The van der Waals surface area contributed by atoms with Crippen molar-refractivity contribution in [1.29, 1.82) is 0 Å². The van der Waals surface area contributed by atoms with Crippen molar-refractivity contribution in [2.24, 2.45) is 11.5 Å². The highest BCUT2D eigenvalue weighted by Crippen LogP contribution is 2.26. The molecule has 6 aromatic rings. The van der Waals surface area contributed by atoms with Gasteiger partial charge in [0.05, 0.1) is 51.1 Å². The normalized spacial score (nSPS) is 14.5. The summed E-state index contributed by atoms with van der Waals surface area (Å²) in [6.07, 6.45) is -1.12. The highest BCUT2D eigenvalue weighted by Gasteiger charge is 2.42. The predicted octanol–water partition coefficient (Wildman–Crippen LogP) is -2.10. The van der Waals surface area contributed by atoms with E-state index < -0.39 is 176 Å². The SMILES string of the molecule is CCc1ccccc1-c1ccc(C[C@H](NC(=O)[C@H](CC(=O)O)NC(=O)[C@H](CO)NC(=O)[C@@H](NC(=O)[C@](C)(Cc2ccccc2)NC(=O)[C@H](CO)NC(=O)CNC(=O)[C@H](CC(=O)O)NC(=O)[C@H](C)NC(=O)[C@@H](N)Cc2cnc[nH]2)[C@@H](C)O)C(=O)N[C@@H](Cc2ccc(-c3ccccc3C)cc2)C(N)=O)cc1. The lowest BCUT2D eigenvalue weighted by atomic mass is 9.90. The van der Waals surface area contributed by atoms with E-state index in [9.17, 15) is 87.9 Å². The molecule has 0 aliphatic rings. The van der Waals surface area contributed by atoms with Gasteiger partial charge in [-0.2, -0.15) is 0 Å². The fourth-order valence-corrected chi connectivity index (χ4v) is 11.0. The predicted molar refractivity (Wildman–Crippen MR) is 376 cm³/mol. The van der Waals surface area contributed by atoms with Crippen LogP contribution in [-0.4, -0.2) is 198 Å². The Labute approximate surface area is 598 Å². The molecule has 104 heavy (non-hydrogen) atoms. The Morgan fingerprint density at radius 1 is 0.529 bits per heavy atom. The molecular weight excluding hydrogens is 1350 g/mol. The number of imidazole rings is 1. The fraction of sp³-hybridized carbons (Fsp3) is 0.361. The van der Waals surface area contributed by atoms with Gasteiger partial charge in [0.15, 0.2) is 0 Å². The van der Waals surface area contributed by atoms with Crippen molar-refractivity contribution in [3.8, 4) is 22.3 Å². The monoisotopic (exact) mass is 1440 g/mol. The molecule has 0 aliphatic heterocycles. The van der Waals surface area contributed by atoms with Gasteiger partial charge in [-0.3, -0.25) is 62.3 Å². The first kappa shape index (κ1) is 81.2. The summed E-state index contributed by atoms with van der Waals surface area (Å²) in [4.78, 5) is 182. The number of nitrogens with one attached hydrogen (secondary N) is 11. The topological polar surface area (TPSA) is 524 Å². The van der Waals surface area contributed by atoms with Crippen LogP contribution < -0.4 is 64.6 Å². The van der Waals surface area contributed by atoms with Gasteiger partial charge in [-0.15, -0.1) is 0 Å². The number of aromatic amines is 1. The molecule has 0 radical (unpaired) electrons. The molecule has 0 saturated heterocycles. The van der Waals surface area contributed by atoms with Crippen LogP contribution in [0.4, 0.5) is 0 Å². The molecule has 0 bridgehead atoms. The van der Waals surface area contributed by atoms with Gasteiger partial charge in [0, 0.05) is 37.6 Å². The number of aryl methyl sites for hydroxylation is 2. The van der Waals surface area contributed by atoms with Crippen LogP contribution in [0.5, 0.6) is 0 Å². The number of H-pyrrole nitrogens is 1. The maximum atomic E-state index is 14.5. The highest BCUT2D eigenvalue weighted by molar-refractivity contribution is 6.01. The summed E-state index contributed by atoms with van der Waals surface area (Å²) in [5.74, 6) is -15.6. The fourth-order valence-electron chi connectivity index (χ4n) is 11.0. The molecule has 6 rings (SSSR count). The summed E-state index contributed by atoms with van der Waals surface area (Å²) in [7, 11) is 0. The Balaban J connectivity index is 1.14. The third-order valence-corrected chi connectivity index (χ3v) is 16.8. The summed E-state index contributed by atoms with van der Waals surface area (Å²) >= 11 is 0. The second-order valence-electron chi connectivity index (χ2n) is 25.0. The minimum atomic E-state index is -2.17. The largest absolute Gasteiger partial charge is 0.481 e. The number of nitrogens with zero attached hydrogens (tertiary/aromatic N) is 1. The quantitative estimate of drug-likeness (QED) is 0.0197. The van der Waals surface area contributed by atoms with Crippen molar-refractivity contribution in [3.05, 3.63) is 173 Å². The van der Waals surface area contributed by atoms with Crippen molar-refractivity contribution in [3.63, 3.8) is 0 Å². The number of nitrogens with two attached hydrogens (primary N) is 2. The van der Waals surface area contributed by atoms with Crippen LogP contribution in [0.3, 0.4) is 0 Å². The minimum Gasteiger partial charge on any atom is -0.481 e. The van der Waals surface area contributed by atoms with Crippen molar-refractivity contribution in [2.45, 2.75) is 146 Å². The number of carboxylic acids is 2. The van der Waals surface area contributed by atoms with Gasteiger partial charge < -0.3 is 95.2 Å². The number of amides is 11. The molecule has 11 atom stereocenters. The van der Waals surface area contributed by atoms with E-state index in [2.05, 4.69) is 63.1 Å². The molecule has 32 nitrogen and oxygen atoms in total. The number of aliphatic hydroxyl groups excluding tert-OH is 3. The molecule has 554 valence electrons. The molecule has 0 aliphatic carbocycles. The number of carboxylic acid groups (broad SMARTS) is 2. The molecule has 0 spiro atoms. The average molecular weight is 1440 g/mol. The maximum absolute atomic E-state index is 14.5. The van der Waals surface area contributed by atoms with E-state index in [-0.39, 0.29) is 25.7 Å². The lowest BCUT2D eigenvalue weighted by Gasteiger charge is -2.34. The number of primary amides is 1. The molecule has 1 aromatic heterocycles. The second-order valence-corrected chi connectivity index (χ2v) is 25.0. The van der Waals surface area contributed by atoms with Crippen LogP contribution in [0, 0.1) is 6.92 Å². The minimum absolute atomic E-state index is 0.0217. The molecule has 0 unspecified atom stereocenters. The molecule has 20 N–H and O–H groups in total. The van der Waals surface area contributed by atoms with Crippen LogP contribution >= 0.6 is 0 Å². The molecule has 0 fully saturated rings. The van der Waals surface area contributed by atoms with Crippen LogP contribution in [0.25, 0.3) is 22.3 Å². The molecule has 11 amide bonds. The molecule has 5 aromatic carbocycles. The summed E-state index contributed by atoms with van der Waals surface area (Å²) in [5.41, 5.74) is 17.4. The Bertz CT molecular complexity index is 4010. The average Bonchev–Trinajstić information content (AvgIpc) is 0.763. The van der Waals surface area contributed by atoms with E-state index in [0.29, 0.717) is 22.4 Å². The number of hydrogen-bond acceptors (Lipinski definition) is 18. The summed E-state index contributed by atoms with van der Waals surface area (Å²) in [5, 5.41) is 74.5. The highest BCUT2D eigenvalue weighted by atomic mass is 16.4. The number of aromatic nitrogens is 2. The summed E-state index contributed by atoms with van der Waals surface area (Å²) in [6.45, 7) is 4.08. The van der Waals surface area contributed by atoms with Crippen molar-refractivity contribution in [1.82, 2.24) is 63.1 Å². The van der Waals surface area contributed by atoms with Gasteiger partial charge in [0.2, 0.25) is 65.0 Å². The second kappa shape index (κ2) is 38.9. The summed E-state index contributed by atoms with van der Waals surface area (Å²) in [6, 6.07) is 22.4. The van der Waals surface area contributed by atoms with Crippen molar-refractivity contribution >= 4 is 76.9 Å². The van der Waals surface area contributed by atoms with Gasteiger partial charge >= 0.3 is 11.9 Å². The van der Waals surface area contributed by atoms with Crippen LogP contribution in [0.15, 0.2) is 140 Å². The number of hydrogen-bond donors (Lipinski definition) is 18. The number of carbonyl (C=O) groups is 13. The van der Waals surface area contributed by atoms with E-state index in [0.717, 1.165) is 46.7 Å². The van der Waals surface area contributed by atoms with Gasteiger partial charge in [-0.1, -0.05) is 134 Å². The zero-order chi connectivity index (χ0) is 76.4. The Morgan fingerprint density at radius 3 is 1.59 bits per heavy atom. The molecule has 0 saturated carbocycles. The van der Waals surface area contributed by atoms with E-state index >= 15 is 0 Å².